The average molecular weight is 322 g/mol. The third-order valence-corrected chi connectivity index (χ3v) is 2.99. The van der Waals surface area contributed by atoms with E-state index in [9.17, 15) is 14.4 Å². The lowest BCUT2D eigenvalue weighted by atomic mass is 10.1. The van der Waals surface area contributed by atoms with Gasteiger partial charge in [-0.05, 0) is 44.5 Å². The minimum atomic E-state index is -0.913. The van der Waals surface area contributed by atoms with Gasteiger partial charge in [0.2, 0.25) is 0 Å². The molecule has 0 aliphatic rings. The fourth-order valence-corrected chi connectivity index (χ4v) is 1.86. The van der Waals surface area contributed by atoms with Crippen molar-refractivity contribution >= 4 is 23.5 Å². The molecule has 0 saturated carbocycles. The van der Waals surface area contributed by atoms with E-state index >= 15 is 0 Å². The summed E-state index contributed by atoms with van der Waals surface area (Å²) in [6, 6.07) is 5.38. The summed E-state index contributed by atoms with van der Waals surface area (Å²) in [4.78, 5) is 35.5. The first-order valence-corrected chi connectivity index (χ1v) is 7.46. The summed E-state index contributed by atoms with van der Waals surface area (Å²) >= 11 is 0. The van der Waals surface area contributed by atoms with E-state index < -0.39 is 23.9 Å². The molecule has 0 bridgehead atoms. The first kappa shape index (κ1) is 18.5. The third kappa shape index (κ3) is 6.37. The Hall–Kier alpha value is -2.57. The molecule has 1 atom stereocenters. The molecule has 0 aromatic heterocycles. The Morgan fingerprint density at radius 1 is 1.09 bits per heavy atom. The van der Waals surface area contributed by atoms with E-state index in [2.05, 4.69) is 5.32 Å². The quantitative estimate of drug-likeness (QED) is 0.551. The van der Waals surface area contributed by atoms with Gasteiger partial charge in [0, 0.05) is 17.7 Å². The predicted octanol–water partition coefficient (Wildman–Crippen LogP) is 1.27. The molecule has 0 saturated heterocycles. The third-order valence-electron chi connectivity index (χ3n) is 2.99. The van der Waals surface area contributed by atoms with E-state index in [0.29, 0.717) is 11.3 Å². The molecule has 0 aliphatic carbocycles. The number of nitrogens with one attached hydrogen (secondary N) is 1. The second-order valence-corrected chi connectivity index (χ2v) is 4.74. The number of ether oxygens (including phenoxy) is 2. The lowest BCUT2D eigenvalue weighted by Crippen LogP contribution is -2.42. The number of hydrogen-bond donors (Lipinski definition) is 2. The molecule has 0 aliphatic heterocycles. The van der Waals surface area contributed by atoms with Crippen LogP contribution in [0.3, 0.4) is 0 Å². The Labute approximate surface area is 135 Å². The fraction of sp³-hybridized carbons (Fsp3) is 0.438. The van der Waals surface area contributed by atoms with Gasteiger partial charge >= 0.3 is 11.9 Å². The molecule has 1 amide bonds. The van der Waals surface area contributed by atoms with E-state index in [0.717, 1.165) is 0 Å². The minimum absolute atomic E-state index is 0.0132. The molecule has 0 unspecified atom stereocenters. The van der Waals surface area contributed by atoms with Crippen molar-refractivity contribution in [3.8, 4) is 0 Å². The number of amides is 1. The SMILES string of the molecule is CCOC(=O)CC[C@@H](NC(=O)c1ccc(N)cc1)C(=O)OCC. The molecule has 0 radical (unpaired) electrons. The summed E-state index contributed by atoms with van der Waals surface area (Å²) < 4.78 is 9.74. The van der Waals surface area contributed by atoms with Crippen LogP contribution in [0, 0.1) is 0 Å². The Balaban J connectivity index is 2.71. The number of carbonyl (C=O) groups is 3. The Kier molecular flexibility index (Phi) is 7.59. The molecule has 7 nitrogen and oxygen atoms in total. The second kappa shape index (κ2) is 9.45. The monoisotopic (exact) mass is 322 g/mol. The molecular weight excluding hydrogens is 300 g/mol. The topological polar surface area (TPSA) is 108 Å². The lowest BCUT2D eigenvalue weighted by molar-refractivity contribution is -0.146. The molecule has 0 heterocycles. The van der Waals surface area contributed by atoms with Crippen molar-refractivity contribution in [2.24, 2.45) is 0 Å². The van der Waals surface area contributed by atoms with Crippen LogP contribution in [0.4, 0.5) is 5.69 Å². The number of rotatable bonds is 8. The highest BCUT2D eigenvalue weighted by Gasteiger charge is 2.23. The van der Waals surface area contributed by atoms with Crippen LogP contribution in [-0.4, -0.2) is 37.1 Å². The molecule has 0 fully saturated rings. The van der Waals surface area contributed by atoms with Crippen molar-refractivity contribution in [2.75, 3.05) is 18.9 Å². The minimum Gasteiger partial charge on any atom is -0.466 e. The lowest BCUT2D eigenvalue weighted by Gasteiger charge is -2.17. The number of nitrogens with two attached hydrogens (primary N) is 1. The van der Waals surface area contributed by atoms with Crippen molar-refractivity contribution in [3.05, 3.63) is 29.8 Å². The summed E-state index contributed by atoms with van der Waals surface area (Å²) in [5.74, 6) is -1.45. The van der Waals surface area contributed by atoms with Crippen LogP contribution in [0.2, 0.25) is 0 Å². The van der Waals surface area contributed by atoms with E-state index in [-0.39, 0.29) is 26.1 Å². The zero-order valence-electron chi connectivity index (χ0n) is 13.3. The van der Waals surface area contributed by atoms with Gasteiger partial charge in [0.05, 0.1) is 13.2 Å². The standard InChI is InChI=1S/C16H22N2O5/c1-3-22-14(19)10-9-13(16(21)23-4-2)18-15(20)11-5-7-12(17)8-6-11/h5-8,13H,3-4,9-10,17H2,1-2H3,(H,18,20)/t13-/m1/s1. The number of benzene rings is 1. The highest BCUT2D eigenvalue weighted by atomic mass is 16.5. The van der Waals surface area contributed by atoms with Gasteiger partial charge in [-0.1, -0.05) is 0 Å². The Bertz CT molecular complexity index is 542. The van der Waals surface area contributed by atoms with Crippen molar-refractivity contribution in [1.82, 2.24) is 5.32 Å². The van der Waals surface area contributed by atoms with E-state index in [1.807, 2.05) is 0 Å². The van der Waals surface area contributed by atoms with Crippen molar-refractivity contribution in [1.29, 1.82) is 0 Å². The Morgan fingerprint density at radius 2 is 1.70 bits per heavy atom. The van der Waals surface area contributed by atoms with Gasteiger partial charge in [0.1, 0.15) is 6.04 Å². The van der Waals surface area contributed by atoms with E-state index in [4.69, 9.17) is 15.2 Å². The maximum atomic E-state index is 12.2. The zero-order valence-corrected chi connectivity index (χ0v) is 13.3. The summed E-state index contributed by atoms with van der Waals surface area (Å²) in [6.07, 6.45) is 0.123. The molecular formula is C16H22N2O5. The van der Waals surface area contributed by atoms with Crippen molar-refractivity contribution < 1.29 is 23.9 Å². The number of hydrogen-bond acceptors (Lipinski definition) is 6. The van der Waals surface area contributed by atoms with Crippen LogP contribution in [0.25, 0.3) is 0 Å². The molecule has 7 heteroatoms. The zero-order chi connectivity index (χ0) is 17.2. The largest absolute Gasteiger partial charge is 0.466 e. The number of esters is 2. The highest BCUT2D eigenvalue weighted by molar-refractivity contribution is 5.97. The van der Waals surface area contributed by atoms with Gasteiger partial charge < -0.3 is 20.5 Å². The van der Waals surface area contributed by atoms with Crippen LogP contribution in [0.15, 0.2) is 24.3 Å². The first-order chi connectivity index (χ1) is 11.0. The van der Waals surface area contributed by atoms with Crippen LogP contribution in [0.5, 0.6) is 0 Å². The maximum Gasteiger partial charge on any atom is 0.328 e. The summed E-state index contributed by atoms with van der Waals surface area (Å²) in [6.45, 7) is 3.82. The molecule has 3 N–H and O–H groups in total. The van der Waals surface area contributed by atoms with Gasteiger partial charge in [-0.15, -0.1) is 0 Å². The molecule has 0 spiro atoms. The van der Waals surface area contributed by atoms with Crippen LogP contribution in [-0.2, 0) is 19.1 Å². The van der Waals surface area contributed by atoms with Crippen molar-refractivity contribution in [3.63, 3.8) is 0 Å². The molecule has 1 rings (SSSR count). The van der Waals surface area contributed by atoms with Gasteiger partial charge in [0.25, 0.3) is 5.91 Å². The van der Waals surface area contributed by atoms with Crippen LogP contribution < -0.4 is 11.1 Å². The average Bonchev–Trinajstić information content (AvgIpc) is 2.52. The molecule has 1 aromatic rings. The van der Waals surface area contributed by atoms with Crippen molar-refractivity contribution in [2.45, 2.75) is 32.7 Å². The predicted molar refractivity (Wildman–Crippen MR) is 84.6 cm³/mol. The van der Waals surface area contributed by atoms with Gasteiger partial charge in [-0.2, -0.15) is 0 Å². The fourth-order valence-electron chi connectivity index (χ4n) is 1.86. The molecule has 23 heavy (non-hydrogen) atoms. The number of anilines is 1. The molecule has 1 aromatic carbocycles. The number of carbonyl (C=O) groups excluding carboxylic acids is 3. The highest BCUT2D eigenvalue weighted by Crippen LogP contribution is 2.08. The van der Waals surface area contributed by atoms with Gasteiger partial charge in [0.15, 0.2) is 0 Å². The normalized spacial score (nSPS) is 11.4. The van der Waals surface area contributed by atoms with Gasteiger partial charge in [-0.3, -0.25) is 9.59 Å². The van der Waals surface area contributed by atoms with E-state index in [1.165, 1.54) is 0 Å². The summed E-state index contributed by atoms with van der Waals surface area (Å²) in [5.41, 5.74) is 6.47. The summed E-state index contributed by atoms with van der Waals surface area (Å²) in [5, 5.41) is 2.57. The number of nitrogen functional groups attached to an aromatic ring is 1. The van der Waals surface area contributed by atoms with Gasteiger partial charge in [-0.25, -0.2) is 4.79 Å². The first-order valence-electron chi connectivity index (χ1n) is 7.46. The summed E-state index contributed by atoms with van der Waals surface area (Å²) in [7, 11) is 0. The molecule has 126 valence electrons. The second-order valence-electron chi connectivity index (χ2n) is 4.74. The van der Waals surface area contributed by atoms with Crippen LogP contribution in [0.1, 0.15) is 37.0 Å². The van der Waals surface area contributed by atoms with E-state index in [1.54, 1.807) is 38.1 Å². The Morgan fingerprint density at radius 3 is 2.26 bits per heavy atom. The maximum absolute atomic E-state index is 12.2. The van der Waals surface area contributed by atoms with Crippen LogP contribution >= 0.6 is 0 Å². The smallest absolute Gasteiger partial charge is 0.328 e.